The summed E-state index contributed by atoms with van der Waals surface area (Å²) in [6.07, 6.45) is 5.68. The summed E-state index contributed by atoms with van der Waals surface area (Å²) in [6, 6.07) is 12.7. The van der Waals surface area contributed by atoms with E-state index in [1.54, 1.807) is 0 Å². The van der Waals surface area contributed by atoms with Crippen molar-refractivity contribution in [2.75, 3.05) is 14.2 Å². The number of nitrogens with zero attached hydrogens (tertiary/aromatic N) is 5. The van der Waals surface area contributed by atoms with Gasteiger partial charge in [0.15, 0.2) is 0 Å². The maximum atomic E-state index is 14.7. The highest BCUT2D eigenvalue weighted by Crippen LogP contribution is 2.45. The Balaban J connectivity index is 0.980. The lowest BCUT2D eigenvalue weighted by Gasteiger charge is -2.39. The molecule has 3 fully saturated rings. The van der Waals surface area contributed by atoms with Crippen molar-refractivity contribution in [3.05, 3.63) is 65.9 Å². The number of benzene rings is 3. The number of nitrogens with one attached hydrogen (secondary N) is 3. The number of amides is 4. The van der Waals surface area contributed by atoms with E-state index in [0.717, 1.165) is 93.4 Å². The molecule has 16 heteroatoms. The standard InChI is InChI=1S/C51H64N8O8/c1-10-26(2)43(55-50(62)64-8)48(60)58-27(3)11-17-40(58)46-52-24-39(53-46)32-13-15-35-34(21-32)25-66-42-23-36-31(22-37(35)42)14-16-38-45(36)57(7)47(54-38)41-18-12-28(4)59(41)49(61)44(56-51(63)65-9)33-19-29(5)67-30(6)20-33/h13-16,21-24,26-30,33,40-41,43-44H,10-12,17-20,25H2,1-9H3,(H,52,53)(H,55,62)(H,56,63)/t26-,27-,28-,29+,30+,40-,41-,43-,44-/m0/s1. The second-order valence-electron chi connectivity index (χ2n) is 19.4. The fourth-order valence-corrected chi connectivity index (χ4v) is 11.4. The first-order chi connectivity index (χ1) is 32.2. The maximum Gasteiger partial charge on any atom is 0.407 e. The number of carbonyl (C=O) groups is 4. The van der Waals surface area contributed by atoms with Crippen LogP contribution in [0.4, 0.5) is 9.59 Å². The molecule has 16 nitrogen and oxygen atoms in total. The van der Waals surface area contributed by atoms with E-state index in [1.165, 1.54) is 14.2 Å². The van der Waals surface area contributed by atoms with Crippen molar-refractivity contribution in [3.63, 3.8) is 0 Å². The first-order valence-corrected chi connectivity index (χ1v) is 23.9. The summed E-state index contributed by atoms with van der Waals surface area (Å²) in [5.41, 5.74) is 6.73. The molecule has 0 radical (unpaired) electrons. The van der Waals surface area contributed by atoms with E-state index < -0.39 is 24.3 Å². The molecule has 356 valence electrons. The normalized spacial score (nSPS) is 24.9. The third kappa shape index (κ3) is 8.46. The van der Waals surface area contributed by atoms with E-state index in [1.807, 2.05) is 63.7 Å². The minimum absolute atomic E-state index is 0.0193. The first-order valence-electron chi connectivity index (χ1n) is 23.9. The van der Waals surface area contributed by atoms with E-state index in [-0.39, 0.29) is 60.0 Å². The van der Waals surface area contributed by atoms with Crippen molar-refractivity contribution < 1.29 is 38.1 Å². The summed E-state index contributed by atoms with van der Waals surface area (Å²) in [5.74, 6) is 1.86. The average Bonchev–Trinajstić information content (AvgIpc) is 4.13. The molecular formula is C51H64N8O8. The smallest absolute Gasteiger partial charge is 0.407 e. The molecule has 0 spiro atoms. The largest absolute Gasteiger partial charge is 0.488 e. The number of ether oxygens (including phenoxy) is 4. The number of aryl methyl sites for hydroxylation is 1. The van der Waals surface area contributed by atoms with Crippen LogP contribution in [-0.2, 0) is 37.5 Å². The SMILES string of the molecule is CC[C@H](C)[C@H](NC(=O)OC)C(=O)N1[C@@H](C)CC[C@H]1c1ncc(-c2ccc3c(c2)COc2cc4c(ccc5nc([C@@H]6CC[C@H](C)N6C(=O)[C@@H](NC(=O)OC)C6C[C@@H](C)O[C@H](C)C6)n(C)c54)cc2-3)[nH]1. The van der Waals surface area contributed by atoms with Gasteiger partial charge in [0.1, 0.15) is 36.1 Å². The zero-order chi connectivity index (χ0) is 47.4. The van der Waals surface area contributed by atoms with Crippen LogP contribution >= 0.6 is 0 Å². The zero-order valence-corrected chi connectivity index (χ0v) is 40.1. The molecule has 0 aliphatic carbocycles. The van der Waals surface area contributed by atoms with Gasteiger partial charge in [0.25, 0.3) is 0 Å². The van der Waals surface area contributed by atoms with Crippen LogP contribution in [0.1, 0.15) is 116 Å². The minimum Gasteiger partial charge on any atom is -0.488 e. The summed E-state index contributed by atoms with van der Waals surface area (Å²) in [4.78, 5) is 71.1. The average molecular weight is 917 g/mol. The molecule has 2 aromatic heterocycles. The fraction of sp³-hybridized carbons (Fsp3) is 0.529. The van der Waals surface area contributed by atoms with Gasteiger partial charge in [0.2, 0.25) is 11.8 Å². The highest BCUT2D eigenvalue weighted by molar-refractivity contribution is 6.07. The van der Waals surface area contributed by atoms with Crippen LogP contribution in [0.25, 0.3) is 44.2 Å². The van der Waals surface area contributed by atoms with Crippen LogP contribution in [0.2, 0.25) is 0 Å². The predicted octanol–water partition coefficient (Wildman–Crippen LogP) is 8.48. The van der Waals surface area contributed by atoms with Crippen LogP contribution < -0.4 is 15.4 Å². The number of hydrogen-bond acceptors (Lipinski definition) is 10. The topological polar surface area (TPSA) is 182 Å². The maximum absolute atomic E-state index is 14.7. The second kappa shape index (κ2) is 18.5. The number of likely N-dealkylation sites (tertiary alicyclic amines) is 2. The Hall–Kier alpha value is -6.16. The Morgan fingerprint density at radius 2 is 1.54 bits per heavy atom. The summed E-state index contributed by atoms with van der Waals surface area (Å²) >= 11 is 0. The Kier molecular flexibility index (Phi) is 12.7. The molecule has 3 N–H and O–H groups in total. The third-order valence-corrected chi connectivity index (χ3v) is 15.0. The third-order valence-electron chi connectivity index (χ3n) is 15.0. The summed E-state index contributed by atoms with van der Waals surface area (Å²) in [5, 5.41) is 7.74. The van der Waals surface area contributed by atoms with E-state index in [9.17, 15) is 19.2 Å². The second-order valence-corrected chi connectivity index (χ2v) is 19.4. The molecule has 3 saturated heterocycles. The molecule has 9 atom stereocenters. The lowest BCUT2D eigenvalue weighted by molar-refractivity contribution is -0.140. The Morgan fingerprint density at radius 3 is 2.24 bits per heavy atom. The Bertz CT molecular complexity index is 2700. The van der Waals surface area contributed by atoms with Crippen LogP contribution in [0.3, 0.4) is 0 Å². The van der Waals surface area contributed by atoms with Gasteiger partial charge in [-0.05, 0) is 124 Å². The van der Waals surface area contributed by atoms with Crippen molar-refractivity contribution in [2.24, 2.45) is 18.9 Å². The number of methoxy groups -OCH3 is 2. The van der Waals surface area contributed by atoms with Gasteiger partial charge in [0.05, 0.1) is 61.4 Å². The molecule has 9 rings (SSSR count). The lowest BCUT2D eigenvalue weighted by atomic mass is 9.85. The van der Waals surface area contributed by atoms with Crippen molar-refractivity contribution >= 4 is 45.8 Å². The number of aromatic amines is 1. The predicted molar refractivity (Wildman–Crippen MR) is 253 cm³/mol. The molecule has 3 aromatic carbocycles. The van der Waals surface area contributed by atoms with E-state index in [4.69, 9.17) is 28.9 Å². The number of carbonyl (C=O) groups excluding carboxylic acids is 4. The zero-order valence-electron chi connectivity index (χ0n) is 40.1. The number of imidazole rings is 2. The van der Waals surface area contributed by atoms with Crippen LogP contribution in [0.5, 0.6) is 5.75 Å². The van der Waals surface area contributed by atoms with Gasteiger partial charge in [0, 0.05) is 30.1 Å². The van der Waals surface area contributed by atoms with Crippen LogP contribution in [0.15, 0.2) is 48.7 Å². The van der Waals surface area contributed by atoms with Crippen molar-refractivity contribution in [3.8, 4) is 28.1 Å². The van der Waals surface area contributed by atoms with E-state index in [0.29, 0.717) is 25.3 Å². The highest BCUT2D eigenvalue weighted by atomic mass is 16.5. The van der Waals surface area contributed by atoms with Gasteiger partial charge in [-0.3, -0.25) is 9.59 Å². The molecule has 0 saturated carbocycles. The van der Waals surface area contributed by atoms with Gasteiger partial charge >= 0.3 is 12.2 Å². The Morgan fingerprint density at radius 1 is 0.851 bits per heavy atom. The van der Waals surface area contributed by atoms with Crippen LogP contribution in [-0.4, -0.2) is 104 Å². The number of aromatic nitrogens is 4. The van der Waals surface area contributed by atoms with Crippen molar-refractivity contribution in [1.82, 2.24) is 40.0 Å². The molecule has 5 aromatic rings. The minimum atomic E-state index is -0.755. The number of alkyl carbamates (subject to hydrolysis) is 2. The summed E-state index contributed by atoms with van der Waals surface area (Å²) in [6.45, 7) is 12.5. The molecule has 4 aliphatic rings. The van der Waals surface area contributed by atoms with Crippen molar-refractivity contribution in [1.29, 1.82) is 0 Å². The molecule has 4 aliphatic heterocycles. The monoisotopic (exact) mass is 916 g/mol. The quantitative estimate of drug-likeness (QED) is 0.123. The fourth-order valence-electron chi connectivity index (χ4n) is 11.4. The molecule has 0 unspecified atom stereocenters. The van der Waals surface area contributed by atoms with Crippen molar-refractivity contribution in [2.45, 2.75) is 142 Å². The van der Waals surface area contributed by atoms with Gasteiger partial charge in [-0.25, -0.2) is 19.6 Å². The van der Waals surface area contributed by atoms with E-state index in [2.05, 4.69) is 63.5 Å². The van der Waals surface area contributed by atoms with Gasteiger partial charge in [-0.15, -0.1) is 0 Å². The summed E-state index contributed by atoms with van der Waals surface area (Å²) < 4.78 is 24.5. The van der Waals surface area contributed by atoms with Gasteiger partial charge in [-0.1, -0.05) is 38.5 Å². The molecule has 6 heterocycles. The molecule has 4 amide bonds. The number of fused-ring (bicyclic) bond motifs is 6. The van der Waals surface area contributed by atoms with E-state index >= 15 is 0 Å². The molecular weight excluding hydrogens is 853 g/mol. The highest BCUT2D eigenvalue weighted by Gasteiger charge is 2.45. The van der Waals surface area contributed by atoms with Gasteiger partial charge < -0.3 is 48.9 Å². The lowest BCUT2D eigenvalue weighted by Crippen LogP contribution is -2.55. The van der Waals surface area contributed by atoms with Gasteiger partial charge in [-0.2, -0.15) is 0 Å². The number of H-pyrrole nitrogens is 1. The molecule has 67 heavy (non-hydrogen) atoms. The number of hydrogen-bond donors (Lipinski definition) is 3. The van der Waals surface area contributed by atoms with Crippen LogP contribution in [0, 0.1) is 11.8 Å². The molecule has 0 bridgehead atoms. The first kappa shape index (κ1) is 46.0. The summed E-state index contributed by atoms with van der Waals surface area (Å²) in [7, 11) is 4.65. The Labute approximate surface area is 391 Å². The number of rotatable bonds is 10.